The molecule has 2 aromatic rings. The molecule has 0 saturated carbocycles. The Labute approximate surface area is 133 Å². The molecule has 1 atom stereocenters. The van der Waals surface area contributed by atoms with Gasteiger partial charge in [0, 0.05) is 13.2 Å². The third-order valence-electron chi connectivity index (χ3n) is 3.77. The summed E-state index contributed by atoms with van der Waals surface area (Å²) in [5.74, 6) is 0.608. The highest BCUT2D eigenvalue weighted by atomic mass is 35.5. The van der Waals surface area contributed by atoms with E-state index >= 15 is 0 Å². The second-order valence-electron chi connectivity index (χ2n) is 5.34. The van der Waals surface area contributed by atoms with Crippen LogP contribution < -0.4 is 4.90 Å². The lowest BCUT2D eigenvalue weighted by Gasteiger charge is -2.37. The Balaban J connectivity index is 1.81. The molecule has 0 N–H and O–H groups in total. The first-order chi connectivity index (χ1) is 10.5. The summed E-state index contributed by atoms with van der Waals surface area (Å²) in [5.41, 5.74) is 0.984. The van der Waals surface area contributed by atoms with Crippen LogP contribution in [0.15, 0.2) is 41.8 Å². The Kier molecular flexibility index (Phi) is 4.02. The quantitative estimate of drug-likeness (QED) is 0.816. The molecule has 0 aliphatic carbocycles. The molecule has 1 aromatic carbocycles. The number of benzene rings is 1. The highest BCUT2D eigenvalue weighted by molar-refractivity contribution is 6.64. The maximum Gasteiger partial charge on any atom is 0.197 e. The van der Waals surface area contributed by atoms with Crippen LogP contribution in [-0.2, 0) is 7.05 Å². The van der Waals surface area contributed by atoms with Gasteiger partial charge in [-0.1, -0.05) is 12.1 Å². The lowest BCUT2D eigenvalue weighted by molar-refractivity contribution is 0.325. The van der Waals surface area contributed by atoms with Gasteiger partial charge in [0.25, 0.3) is 0 Å². The van der Waals surface area contributed by atoms with E-state index in [4.69, 9.17) is 11.6 Å². The number of anilines is 1. The van der Waals surface area contributed by atoms with Crippen molar-refractivity contribution >= 4 is 22.7 Å². The van der Waals surface area contributed by atoms with Gasteiger partial charge in [0.05, 0.1) is 19.0 Å². The number of rotatable bonds is 3. The van der Waals surface area contributed by atoms with Crippen molar-refractivity contribution in [1.82, 2.24) is 14.5 Å². The smallest absolute Gasteiger partial charge is 0.197 e. The summed E-state index contributed by atoms with van der Waals surface area (Å²) in [6.45, 7) is 3.08. The molecule has 1 aromatic heterocycles. The number of hydrogen-bond donors (Lipinski definition) is 0. The van der Waals surface area contributed by atoms with Crippen molar-refractivity contribution in [3.63, 3.8) is 0 Å². The summed E-state index contributed by atoms with van der Waals surface area (Å²) in [6, 6.07) is 6.44. The van der Waals surface area contributed by atoms with Gasteiger partial charge in [0.2, 0.25) is 0 Å². The first-order valence-electron chi connectivity index (χ1n) is 6.99. The molecule has 3 rings (SSSR count). The number of halogens is 2. The number of aryl methyl sites for hydroxylation is 1. The average molecular weight is 322 g/mol. The third-order valence-corrected chi connectivity index (χ3v) is 4.10. The van der Waals surface area contributed by atoms with Crippen LogP contribution in [0.5, 0.6) is 0 Å². The zero-order chi connectivity index (χ0) is 15.7. The lowest BCUT2D eigenvalue weighted by Crippen LogP contribution is -2.45. The summed E-state index contributed by atoms with van der Waals surface area (Å²) >= 11 is 6.27. The maximum atomic E-state index is 13.1. The molecule has 0 spiro atoms. The SMILES string of the molecule is C[C@@H](c1ccc(F)cc1)N1CN(c2cn(C)cn2)CN=C1Cl. The van der Waals surface area contributed by atoms with Gasteiger partial charge in [0.15, 0.2) is 5.29 Å². The summed E-state index contributed by atoms with van der Waals surface area (Å²) in [4.78, 5) is 12.7. The second-order valence-corrected chi connectivity index (χ2v) is 5.68. The van der Waals surface area contributed by atoms with Gasteiger partial charge in [-0.05, 0) is 36.2 Å². The number of hydrogen-bond acceptors (Lipinski definition) is 4. The minimum atomic E-state index is -0.246. The van der Waals surface area contributed by atoms with Gasteiger partial charge in [-0.15, -0.1) is 0 Å². The molecule has 2 heterocycles. The minimum absolute atomic E-state index is 0.0108. The van der Waals surface area contributed by atoms with Gasteiger partial charge in [-0.3, -0.25) is 0 Å². The molecule has 1 aliphatic rings. The normalized spacial score (nSPS) is 16.6. The van der Waals surface area contributed by atoms with Crippen LogP contribution in [-0.4, -0.2) is 33.1 Å². The Morgan fingerprint density at radius 2 is 2.00 bits per heavy atom. The van der Waals surface area contributed by atoms with E-state index < -0.39 is 0 Å². The second kappa shape index (κ2) is 5.96. The van der Waals surface area contributed by atoms with Crippen LogP contribution in [0.1, 0.15) is 18.5 Å². The Morgan fingerprint density at radius 1 is 1.27 bits per heavy atom. The number of aromatic nitrogens is 2. The van der Waals surface area contributed by atoms with E-state index in [1.54, 1.807) is 18.5 Å². The molecule has 0 bridgehead atoms. The molecule has 0 unspecified atom stereocenters. The maximum absolute atomic E-state index is 13.1. The first-order valence-corrected chi connectivity index (χ1v) is 7.37. The van der Waals surface area contributed by atoms with Gasteiger partial charge in [-0.2, -0.15) is 0 Å². The molecule has 0 radical (unpaired) electrons. The van der Waals surface area contributed by atoms with Crippen LogP contribution in [0.25, 0.3) is 0 Å². The predicted molar refractivity (Wildman–Crippen MR) is 85.4 cm³/mol. The van der Waals surface area contributed by atoms with Crippen LogP contribution in [0.3, 0.4) is 0 Å². The number of amidine groups is 1. The molecule has 1 aliphatic heterocycles. The molecule has 0 fully saturated rings. The van der Waals surface area contributed by atoms with E-state index in [9.17, 15) is 4.39 Å². The van der Waals surface area contributed by atoms with Gasteiger partial charge < -0.3 is 14.4 Å². The zero-order valence-corrected chi connectivity index (χ0v) is 13.2. The van der Waals surface area contributed by atoms with Crippen molar-refractivity contribution in [3.8, 4) is 0 Å². The van der Waals surface area contributed by atoms with Crippen LogP contribution in [0, 0.1) is 5.82 Å². The van der Waals surface area contributed by atoms with E-state index in [0.29, 0.717) is 18.6 Å². The van der Waals surface area contributed by atoms with E-state index in [2.05, 4.69) is 9.98 Å². The summed E-state index contributed by atoms with van der Waals surface area (Å²) in [6.07, 6.45) is 3.69. The molecule has 0 amide bonds. The molecule has 22 heavy (non-hydrogen) atoms. The van der Waals surface area contributed by atoms with E-state index in [0.717, 1.165) is 11.4 Å². The molecule has 0 saturated heterocycles. The van der Waals surface area contributed by atoms with Crippen molar-refractivity contribution in [2.24, 2.45) is 12.0 Å². The standard InChI is InChI=1S/C15H17ClFN5/c1-11(12-3-5-13(17)6-4-12)22-10-21(9-19-15(22)16)14-7-20(2)8-18-14/h3-8,11H,9-10H2,1-2H3/t11-/m0/s1. The fourth-order valence-corrected chi connectivity index (χ4v) is 2.69. The van der Waals surface area contributed by atoms with Crippen molar-refractivity contribution in [2.75, 3.05) is 18.2 Å². The van der Waals surface area contributed by atoms with Crippen molar-refractivity contribution in [2.45, 2.75) is 13.0 Å². The minimum Gasteiger partial charge on any atom is -0.338 e. The first kappa shape index (κ1) is 14.8. The highest BCUT2D eigenvalue weighted by Crippen LogP contribution is 2.26. The summed E-state index contributed by atoms with van der Waals surface area (Å²) in [7, 11) is 1.93. The van der Waals surface area contributed by atoms with E-state index in [-0.39, 0.29) is 11.9 Å². The van der Waals surface area contributed by atoms with E-state index in [1.807, 2.05) is 34.5 Å². The topological polar surface area (TPSA) is 36.7 Å². The molecule has 5 nitrogen and oxygen atoms in total. The predicted octanol–water partition coefficient (Wildman–Crippen LogP) is 2.95. The van der Waals surface area contributed by atoms with Crippen molar-refractivity contribution in [1.29, 1.82) is 0 Å². The van der Waals surface area contributed by atoms with E-state index in [1.165, 1.54) is 12.1 Å². The average Bonchev–Trinajstić information content (AvgIpc) is 2.94. The Hall–Kier alpha value is -2.08. The zero-order valence-electron chi connectivity index (χ0n) is 12.4. The third kappa shape index (κ3) is 2.92. The molecule has 116 valence electrons. The summed E-state index contributed by atoms with van der Waals surface area (Å²) < 4.78 is 15.0. The van der Waals surface area contributed by atoms with Crippen LogP contribution in [0.2, 0.25) is 0 Å². The fraction of sp³-hybridized carbons (Fsp3) is 0.333. The molecular weight excluding hydrogens is 305 g/mol. The van der Waals surface area contributed by atoms with Crippen LogP contribution in [0.4, 0.5) is 10.2 Å². The highest BCUT2D eigenvalue weighted by Gasteiger charge is 2.25. The lowest BCUT2D eigenvalue weighted by atomic mass is 10.1. The number of nitrogens with zero attached hydrogens (tertiary/aromatic N) is 5. The van der Waals surface area contributed by atoms with Gasteiger partial charge in [0.1, 0.15) is 18.3 Å². The van der Waals surface area contributed by atoms with Gasteiger partial charge in [-0.25, -0.2) is 14.4 Å². The summed E-state index contributed by atoms with van der Waals surface area (Å²) in [5, 5.41) is 0.462. The monoisotopic (exact) mass is 321 g/mol. The largest absolute Gasteiger partial charge is 0.338 e. The molecule has 7 heteroatoms. The van der Waals surface area contributed by atoms with Crippen molar-refractivity contribution in [3.05, 3.63) is 48.2 Å². The fourth-order valence-electron chi connectivity index (χ4n) is 2.43. The Morgan fingerprint density at radius 3 is 2.64 bits per heavy atom. The van der Waals surface area contributed by atoms with Crippen molar-refractivity contribution < 1.29 is 4.39 Å². The number of imidazole rings is 1. The number of aliphatic imine (C=N–C) groups is 1. The van der Waals surface area contributed by atoms with Crippen LogP contribution >= 0.6 is 11.6 Å². The molecular formula is C15H17ClFN5. The van der Waals surface area contributed by atoms with Gasteiger partial charge >= 0.3 is 0 Å². The Bertz CT molecular complexity index is 681.